The molecule has 0 radical (unpaired) electrons. The van der Waals surface area contributed by atoms with Gasteiger partial charge in [-0.1, -0.05) is 24.3 Å². The summed E-state index contributed by atoms with van der Waals surface area (Å²) in [4.78, 5) is 7.23. The molecule has 4 heteroatoms. The van der Waals surface area contributed by atoms with E-state index in [1.54, 1.807) is 0 Å². The van der Waals surface area contributed by atoms with Crippen molar-refractivity contribution in [2.24, 2.45) is 17.8 Å². The van der Waals surface area contributed by atoms with Crippen LogP contribution >= 0.6 is 0 Å². The van der Waals surface area contributed by atoms with Crippen molar-refractivity contribution in [2.45, 2.75) is 19.9 Å². The number of nitrogens with zero attached hydrogens (tertiary/aromatic N) is 2. The van der Waals surface area contributed by atoms with E-state index in [-0.39, 0.29) is 0 Å². The minimum absolute atomic E-state index is 0.592. The van der Waals surface area contributed by atoms with Crippen LogP contribution in [-0.2, 0) is 0 Å². The predicted octanol–water partition coefficient (Wildman–Crippen LogP) is 5.51. The number of pyridine rings is 1. The first-order valence-electron chi connectivity index (χ1n) is 10.8. The van der Waals surface area contributed by atoms with Crippen molar-refractivity contribution in [2.75, 3.05) is 19.7 Å². The van der Waals surface area contributed by atoms with E-state index in [0.717, 1.165) is 47.1 Å². The van der Waals surface area contributed by atoms with Crippen LogP contribution < -0.4 is 9.47 Å². The molecular weight excluding hydrogens is 372 g/mol. The van der Waals surface area contributed by atoms with Crippen molar-refractivity contribution in [3.05, 3.63) is 72.8 Å². The monoisotopic (exact) mass is 400 g/mol. The Morgan fingerprint density at radius 2 is 1.60 bits per heavy atom. The first-order chi connectivity index (χ1) is 14.7. The number of aromatic nitrogens is 1. The average molecular weight is 401 g/mol. The van der Waals surface area contributed by atoms with Gasteiger partial charge in [-0.15, -0.1) is 0 Å². The second kappa shape index (κ2) is 8.11. The van der Waals surface area contributed by atoms with Crippen LogP contribution in [0.15, 0.2) is 72.8 Å². The lowest BCUT2D eigenvalue weighted by atomic mass is 10.1. The molecule has 2 heterocycles. The zero-order valence-corrected chi connectivity index (χ0v) is 17.6. The largest absolute Gasteiger partial charge is 0.493 e. The third-order valence-electron chi connectivity index (χ3n) is 6.41. The number of benzene rings is 2. The van der Waals surface area contributed by atoms with E-state index in [1.165, 1.54) is 13.1 Å². The Morgan fingerprint density at radius 1 is 0.867 bits per heavy atom. The quantitative estimate of drug-likeness (QED) is 0.524. The molecule has 0 spiro atoms. The summed E-state index contributed by atoms with van der Waals surface area (Å²) in [6.45, 7) is 7.89. The molecule has 154 valence electrons. The predicted molar refractivity (Wildman–Crippen MR) is 119 cm³/mol. The number of hydrogen-bond donors (Lipinski definition) is 0. The molecule has 2 atom stereocenters. The van der Waals surface area contributed by atoms with Crippen LogP contribution in [-0.4, -0.2) is 35.6 Å². The standard InChI is InChI=1S/C26H28N2O2/c1-18(2)28-15-22-23(16-28)24(22)17-29-20-13-11-19(12-14-20)25-9-6-10-26(27-25)30-21-7-4-3-5-8-21/h3-14,18,22-24H,15-17H2,1-2H3. The molecule has 4 nitrogen and oxygen atoms in total. The van der Waals surface area contributed by atoms with Gasteiger partial charge in [0.05, 0.1) is 12.3 Å². The Morgan fingerprint density at radius 3 is 2.30 bits per heavy atom. The number of likely N-dealkylation sites (tertiary alicyclic amines) is 1. The summed E-state index contributed by atoms with van der Waals surface area (Å²) >= 11 is 0. The highest BCUT2D eigenvalue weighted by atomic mass is 16.5. The van der Waals surface area contributed by atoms with E-state index in [2.05, 4.69) is 35.9 Å². The molecule has 2 unspecified atom stereocenters. The highest BCUT2D eigenvalue weighted by molar-refractivity contribution is 5.60. The molecule has 1 aliphatic heterocycles. The van der Waals surface area contributed by atoms with Crippen LogP contribution in [0.4, 0.5) is 0 Å². The van der Waals surface area contributed by atoms with Crippen molar-refractivity contribution in [1.29, 1.82) is 0 Å². The molecule has 0 N–H and O–H groups in total. The summed E-state index contributed by atoms with van der Waals surface area (Å²) in [6, 6.07) is 24.5. The van der Waals surface area contributed by atoms with E-state index in [4.69, 9.17) is 9.47 Å². The van der Waals surface area contributed by atoms with Gasteiger partial charge in [-0.2, -0.15) is 0 Å². The van der Waals surface area contributed by atoms with Crippen LogP contribution in [0.1, 0.15) is 13.8 Å². The Balaban J connectivity index is 1.17. The van der Waals surface area contributed by atoms with Gasteiger partial charge in [-0.05, 0) is 68.1 Å². The SMILES string of the molecule is CC(C)N1CC2C(COc3ccc(-c4cccc(Oc5ccccc5)n4)cc3)C2C1. The first-order valence-corrected chi connectivity index (χ1v) is 10.8. The van der Waals surface area contributed by atoms with Gasteiger partial charge in [-0.3, -0.25) is 0 Å². The van der Waals surface area contributed by atoms with E-state index >= 15 is 0 Å². The van der Waals surface area contributed by atoms with Gasteiger partial charge in [0.1, 0.15) is 11.5 Å². The Hall–Kier alpha value is -2.85. The fourth-order valence-corrected chi connectivity index (χ4v) is 4.51. The van der Waals surface area contributed by atoms with Gasteiger partial charge in [0.25, 0.3) is 0 Å². The molecule has 0 bridgehead atoms. The maximum Gasteiger partial charge on any atom is 0.219 e. The van der Waals surface area contributed by atoms with Gasteiger partial charge in [-0.25, -0.2) is 4.98 Å². The maximum atomic E-state index is 6.09. The Kier molecular flexibility index (Phi) is 5.17. The molecule has 30 heavy (non-hydrogen) atoms. The number of rotatable bonds is 7. The summed E-state index contributed by atoms with van der Waals surface area (Å²) in [7, 11) is 0. The van der Waals surface area contributed by atoms with Gasteiger partial charge in [0, 0.05) is 36.7 Å². The van der Waals surface area contributed by atoms with Crippen molar-refractivity contribution in [3.8, 4) is 28.6 Å². The second-order valence-electron chi connectivity index (χ2n) is 8.65. The summed E-state index contributed by atoms with van der Waals surface area (Å²) in [6.07, 6.45) is 0. The summed E-state index contributed by atoms with van der Waals surface area (Å²) in [5, 5.41) is 0. The van der Waals surface area contributed by atoms with Crippen molar-refractivity contribution in [3.63, 3.8) is 0 Å². The third kappa shape index (κ3) is 4.05. The first kappa shape index (κ1) is 19.1. The van der Waals surface area contributed by atoms with E-state index < -0.39 is 0 Å². The minimum Gasteiger partial charge on any atom is -0.493 e. The summed E-state index contributed by atoms with van der Waals surface area (Å²) < 4.78 is 11.9. The van der Waals surface area contributed by atoms with Crippen LogP contribution in [0.25, 0.3) is 11.3 Å². The lowest BCUT2D eigenvalue weighted by Gasteiger charge is -2.23. The lowest BCUT2D eigenvalue weighted by Crippen LogP contribution is -2.31. The van der Waals surface area contributed by atoms with Crippen LogP contribution in [0.3, 0.4) is 0 Å². The molecule has 2 aliphatic rings. The maximum absolute atomic E-state index is 6.09. The molecule has 2 aromatic carbocycles. The lowest BCUT2D eigenvalue weighted by molar-refractivity contribution is 0.206. The fraction of sp³-hybridized carbons (Fsp3) is 0.346. The van der Waals surface area contributed by atoms with Crippen LogP contribution in [0.5, 0.6) is 17.4 Å². The smallest absolute Gasteiger partial charge is 0.219 e. The van der Waals surface area contributed by atoms with Gasteiger partial charge in [0.2, 0.25) is 5.88 Å². The molecule has 1 saturated heterocycles. The zero-order chi connectivity index (χ0) is 20.5. The Bertz CT molecular complexity index is 975. The fourth-order valence-electron chi connectivity index (χ4n) is 4.51. The summed E-state index contributed by atoms with van der Waals surface area (Å²) in [5.74, 6) is 4.71. The normalized spacial score (nSPS) is 22.7. The van der Waals surface area contributed by atoms with E-state index in [9.17, 15) is 0 Å². The highest BCUT2D eigenvalue weighted by Crippen LogP contribution is 2.52. The third-order valence-corrected chi connectivity index (χ3v) is 6.41. The molecule has 5 rings (SSSR count). The molecule has 1 aliphatic carbocycles. The van der Waals surface area contributed by atoms with Crippen molar-refractivity contribution < 1.29 is 9.47 Å². The molecule has 2 fully saturated rings. The number of para-hydroxylation sites is 1. The van der Waals surface area contributed by atoms with Crippen LogP contribution in [0, 0.1) is 17.8 Å². The highest BCUT2D eigenvalue weighted by Gasteiger charge is 2.56. The molecule has 3 aromatic rings. The van der Waals surface area contributed by atoms with Gasteiger partial charge >= 0.3 is 0 Å². The van der Waals surface area contributed by atoms with Gasteiger partial charge in [0.15, 0.2) is 0 Å². The Labute approximate surface area is 178 Å². The summed E-state index contributed by atoms with van der Waals surface area (Å²) in [5.41, 5.74) is 1.94. The van der Waals surface area contributed by atoms with Crippen LogP contribution in [0.2, 0.25) is 0 Å². The average Bonchev–Trinajstić information content (AvgIpc) is 3.21. The van der Waals surface area contributed by atoms with Crippen molar-refractivity contribution >= 4 is 0 Å². The second-order valence-corrected chi connectivity index (χ2v) is 8.65. The number of ether oxygens (including phenoxy) is 2. The topological polar surface area (TPSA) is 34.6 Å². The van der Waals surface area contributed by atoms with Gasteiger partial charge < -0.3 is 14.4 Å². The number of fused-ring (bicyclic) bond motifs is 1. The number of piperidine rings is 1. The van der Waals surface area contributed by atoms with Crippen molar-refractivity contribution in [1.82, 2.24) is 9.88 Å². The number of hydrogen-bond acceptors (Lipinski definition) is 4. The zero-order valence-electron chi connectivity index (χ0n) is 17.6. The minimum atomic E-state index is 0.592. The van der Waals surface area contributed by atoms with E-state index in [0.29, 0.717) is 11.9 Å². The molecule has 1 saturated carbocycles. The molecule has 0 amide bonds. The molecule has 1 aromatic heterocycles. The van der Waals surface area contributed by atoms with E-state index in [1.807, 2.05) is 60.7 Å². The molecular formula is C26H28N2O2.